The molecule has 0 spiro atoms. The molecule has 1 amide bonds. The van der Waals surface area contributed by atoms with E-state index < -0.39 is 33.5 Å². The molecule has 2 heterocycles. The topological polar surface area (TPSA) is 71.7 Å². The van der Waals surface area contributed by atoms with E-state index in [-0.39, 0.29) is 28.3 Å². The number of amides is 1. The van der Waals surface area contributed by atoms with Crippen molar-refractivity contribution in [3.63, 3.8) is 0 Å². The smallest absolute Gasteiger partial charge is 0.252 e. The van der Waals surface area contributed by atoms with Gasteiger partial charge in [-0.15, -0.1) is 6.58 Å². The van der Waals surface area contributed by atoms with Gasteiger partial charge in [-0.1, -0.05) is 35.1 Å². The minimum atomic E-state index is -3.73. The summed E-state index contributed by atoms with van der Waals surface area (Å²) in [5.74, 6) is -2.56. The van der Waals surface area contributed by atoms with Crippen molar-refractivity contribution in [1.29, 1.82) is 0 Å². The summed E-state index contributed by atoms with van der Waals surface area (Å²) >= 11 is 1.00. The molecule has 0 saturated carbocycles. The van der Waals surface area contributed by atoms with Gasteiger partial charge in [0.15, 0.2) is 10.6 Å². The molecule has 0 N–H and O–H groups in total. The van der Waals surface area contributed by atoms with E-state index in [0.29, 0.717) is 24.1 Å². The lowest BCUT2D eigenvalue weighted by Gasteiger charge is -2.30. The van der Waals surface area contributed by atoms with Gasteiger partial charge in [-0.05, 0) is 38.0 Å². The van der Waals surface area contributed by atoms with Gasteiger partial charge in [-0.25, -0.2) is 17.2 Å². The first-order valence-corrected chi connectivity index (χ1v) is 12.7. The Morgan fingerprint density at radius 3 is 2.70 bits per heavy atom. The highest BCUT2D eigenvalue weighted by Gasteiger charge is 2.33. The number of hydrogen-bond acceptors (Lipinski definition) is 4. The first-order chi connectivity index (χ1) is 15.7. The maximum atomic E-state index is 14.4. The van der Waals surface area contributed by atoms with E-state index in [1.54, 1.807) is 24.3 Å². The van der Waals surface area contributed by atoms with Crippen LogP contribution in [-0.2, 0) is 21.4 Å². The molecular weight excluding hydrogens is 468 g/mol. The average molecular weight is 492 g/mol. The second-order valence-electron chi connectivity index (χ2n) is 7.98. The van der Waals surface area contributed by atoms with Crippen molar-refractivity contribution in [2.45, 2.75) is 31.2 Å². The minimum Gasteiger partial charge on any atom is -0.310 e. The number of sulfonamides is 1. The van der Waals surface area contributed by atoms with Crippen molar-refractivity contribution >= 4 is 37.5 Å². The summed E-state index contributed by atoms with van der Waals surface area (Å²) in [4.78, 5) is 17.6. The molecule has 1 atom stereocenters. The summed E-state index contributed by atoms with van der Waals surface area (Å²) in [5.41, 5.74) is 1.10. The van der Waals surface area contributed by atoms with E-state index >= 15 is 0 Å². The number of thiazole rings is 1. The standard InChI is InChI=1S/C23H23F2N3O3S2/c1-3-10-28-21-19(25)12-17(24)13-20(21)32-23(28)26-22(29)16-5-4-11-27(14-16)33(30,31)18-8-6-15(2)7-9-18/h3,6-9,12-13,16H,1,4-5,10-11,14H2,2H3. The van der Waals surface area contributed by atoms with E-state index in [4.69, 9.17) is 0 Å². The first kappa shape index (κ1) is 23.5. The lowest BCUT2D eigenvalue weighted by atomic mass is 9.99. The zero-order valence-electron chi connectivity index (χ0n) is 18.0. The molecule has 10 heteroatoms. The van der Waals surface area contributed by atoms with Crippen LogP contribution in [0.3, 0.4) is 0 Å². The molecular formula is C23H23F2N3O3S2. The van der Waals surface area contributed by atoms with Gasteiger partial charge in [-0.2, -0.15) is 9.30 Å². The highest BCUT2D eigenvalue weighted by molar-refractivity contribution is 7.89. The lowest BCUT2D eigenvalue weighted by Crippen LogP contribution is -2.42. The number of carbonyl (C=O) groups is 1. The molecule has 0 bridgehead atoms. The molecule has 1 unspecified atom stereocenters. The number of fused-ring (bicyclic) bond motifs is 1. The number of hydrogen-bond donors (Lipinski definition) is 0. The van der Waals surface area contributed by atoms with Crippen LogP contribution in [0, 0.1) is 24.5 Å². The SMILES string of the molecule is C=CCn1c(=NC(=O)C2CCCN(S(=O)(=O)c3ccc(C)cc3)C2)sc2cc(F)cc(F)c21. The number of benzene rings is 2. The van der Waals surface area contributed by atoms with Crippen LogP contribution >= 0.6 is 11.3 Å². The molecule has 1 fully saturated rings. The maximum Gasteiger partial charge on any atom is 0.252 e. The van der Waals surface area contributed by atoms with Crippen LogP contribution in [0.25, 0.3) is 10.2 Å². The average Bonchev–Trinajstić information content (AvgIpc) is 3.11. The van der Waals surface area contributed by atoms with Gasteiger partial charge in [0.1, 0.15) is 5.82 Å². The van der Waals surface area contributed by atoms with E-state index in [1.165, 1.54) is 21.0 Å². The number of allylic oxidation sites excluding steroid dienone is 1. The Morgan fingerprint density at radius 1 is 1.27 bits per heavy atom. The van der Waals surface area contributed by atoms with Crippen LogP contribution in [0.2, 0.25) is 0 Å². The van der Waals surface area contributed by atoms with Gasteiger partial charge in [0.2, 0.25) is 10.0 Å². The van der Waals surface area contributed by atoms with Crippen molar-refractivity contribution in [3.05, 3.63) is 71.1 Å². The van der Waals surface area contributed by atoms with Crippen molar-refractivity contribution in [1.82, 2.24) is 8.87 Å². The fourth-order valence-corrected chi connectivity index (χ4v) is 6.53. The van der Waals surface area contributed by atoms with Gasteiger partial charge in [-0.3, -0.25) is 4.79 Å². The number of halogens is 2. The summed E-state index contributed by atoms with van der Waals surface area (Å²) in [5, 5.41) is 0. The molecule has 1 aromatic heterocycles. The predicted molar refractivity (Wildman–Crippen MR) is 123 cm³/mol. The van der Waals surface area contributed by atoms with E-state index in [9.17, 15) is 22.0 Å². The number of aryl methyl sites for hydroxylation is 1. The normalized spacial score (nSPS) is 18.0. The number of carbonyl (C=O) groups excluding carboxylic acids is 1. The molecule has 174 valence electrons. The van der Waals surface area contributed by atoms with E-state index in [1.807, 2.05) is 6.92 Å². The Morgan fingerprint density at radius 2 is 2.00 bits per heavy atom. The second-order valence-corrected chi connectivity index (χ2v) is 10.9. The van der Waals surface area contributed by atoms with Crippen LogP contribution in [0.4, 0.5) is 8.78 Å². The van der Waals surface area contributed by atoms with Gasteiger partial charge >= 0.3 is 0 Å². The lowest BCUT2D eigenvalue weighted by molar-refractivity contribution is -0.122. The van der Waals surface area contributed by atoms with Crippen molar-refractivity contribution < 1.29 is 22.0 Å². The summed E-state index contributed by atoms with van der Waals surface area (Å²) < 4.78 is 57.3. The van der Waals surface area contributed by atoms with Gasteiger partial charge in [0.25, 0.3) is 5.91 Å². The third kappa shape index (κ3) is 4.68. The third-order valence-electron chi connectivity index (χ3n) is 5.60. The van der Waals surface area contributed by atoms with Gasteiger partial charge in [0.05, 0.1) is 21.0 Å². The number of aromatic nitrogens is 1. The highest BCUT2D eigenvalue weighted by Crippen LogP contribution is 2.26. The molecule has 6 nitrogen and oxygen atoms in total. The zero-order chi connectivity index (χ0) is 23.8. The maximum absolute atomic E-state index is 14.4. The Bertz CT molecular complexity index is 1390. The molecule has 2 aromatic carbocycles. The van der Waals surface area contributed by atoms with Crippen molar-refractivity contribution in [2.75, 3.05) is 13.1 Å². The Balaban J connectivity index is 1.65. The summed E-state index contributed by atoms with van der Waals surface area (Å²) in [7, 11) is -3.73. The fourth-order valence-electron chi connectivity index (χ4n) is 3.92. The van der Waals surface area contributed by atoms with Crippen molar-refractivity contribution in [2.24, 2.45) is 10.9 Å². The van der Waals surface area contributed by atoms with Crippen LogP contribution in [-0.4, -0.2) is 36.3 Å². The highest BCUT2D eigenvalue weighted by atomic mass is 32.2. The molecule has 33 heavy (non-hydrogen) atoms. The van der Waals surface area contributed by atoms with Crippen LogP contribution in [0.5, 0.6) is 0 Å². The minimum absolute atomic E-state index is 0.0217. The second kappa shape index (κ2) is 9.28. The predicted octanol–water partition coefficient (Wildman–Crippen LogP) is 4.00. The molecule has 4 rings (SSSR count). The van der Waals surface area contributed by atoms with Gasteiger partial charge < -0.3 is 4.57 Å². The molecule has 0 aliphatic carbocycles. The number of rotatable bonds is 5. The van der Waals surface area contributed by atoms with Crippen LogP contribution in [0.15, 0.2) is 58.9 Å². The monoisotopic (exact) mass is 491 g/mol. The summed E-state index contributed by atoms with van der Waals surface area (Å²) in [6.07, 6.45) is 2.56. The Hall–Kier alpha value is -2.69. The molecule has 1 aliphatic heterocycles. The van der Waals surface area contributed by atoms with Crippen molar-refractivity contribution in [3.8, 4) is 0 Å². The Kier molecular flexibility index (Phi) is 6.60. The fraction of sp³-hybridized carbons (Fsp3) is 0.304. The largest absolute Gasteiger partial charge is 0.310 e. The van der Waals surface area contributed by atoms with Crippen LogP contribution in [0.1, 0.15) is 18.4 Å². The first-order valence-electron chi connectivity index (χ1n) is 10.5. The summed E-state index contributed by atoms with van der Waals surface area (Å²) in [6, 6.07) is 8.57. The quantitative estimate of drug-likeness (QED) is 0.507. The number of nitrogens with zero attached hydrogens (tertiary/aromatic N) is 3. The zero-order valence-corrected chi connectivity index (χ0v) is 19.6. The Labute approximate surface area is 194 Å². The molecule has 1 saturated heterocycles. The third-order valence-corrected chi connectivity index (χ3v) is 8.51. The molecule has 3 aromatic rings. The summed E-state index contributed by atoms with van der Waals surface area (Å²) in [6.45, 7) is 6.07. The van der Waals surface area contributed by atoms with Gasteiger partial charge in [0, 0.05) is 25.7 Å². The van der Waals surface area contributed by atoms with E-state index in [2.05, 4.69) is 11.6 Å². The number of piperidine rings is 1. The molecule has 1 aliphatic rings. The van der Waals surface area contributed by atoms with Crippen LogP contribution < -0.4 is 4.80 Å². The molecule has 0 radical (unpaired) electrons. The van der Waals surface area contributed by atoms with E-state index in [0.717, 1.165) is 23.0 Å².